The first-order valence-corrected chi connectivity index (χ1v) is 9.81. The molecule has 0 saturated carbocycles. The first kappa shape index (κ1) is 22.1. The Morgan fingerprint density at radius 2 is 1.87 bits per heavy atom. The predicted molar refractivity (Wildman–Crippen MR) is 109 cm³/mol. The molecule has 2 aromatic rings. The summed E-state index contributed by atoms with van der Waals surface area (Å²) in [6.45, 7) is 0.754. The highest BCUT2D eigenvalue weighted by atomic mass is 19.1. The minimum absolute atomic E-state index is 0.177. The molecule has 0 spiro atoms. The van der Waals surface area contributed by atoms with Gasteiger partial charge in [0, 0.05) is 25.6 Å². The summed E-state index contributed by atoms with van der Waals surface area (Å²) in [5.74, 6) is -2.35. The third kappa shape index (κ3) is 5.14. The second-order valence-electron chi connectivity index (χ2n) is 7.34. The molecule has 3 rings (SSSR count). The van der Waals surface area contributed by atoms with E-state index >= 15 is 0 Å². The summed E-state index contributed by atoms with van der Waals surface area (Å²) in [5.41, 5.74) is 4.91. The summed E-state index contributed by atoms with van der Waals surface area (Å²) in [5, 5.41) is 13.8. The van der Waals surface area contributed by atoms with Crippen LogP contribution in [-0.2, 0) is 11.2 Å². The maximum Gasteiger partial charge on any atom is 0.295 e. The van der Waals surface area contributed by atoms with Gasteiger partial charge in [-0.05, 0) is 37.0 Å². The van der Waals surface area contributed by atoms with E-state index in [1.54, 1.807) is 18.2 Å². The first-order chi connectivity index (χ1) is 14.8. The van der Waals surface area contributed by atoms with Crippen molar-refractivity contribution in [3.63, 3.8) is 0 Å². The molecule has 164 valence electrons. The van der Waals surface area contributed by atoms with E-state index in [1.165, 1.54) is 11.0 Å². The van der Waals surface area contributed by atoms with Gasteiger partial charge < -0.3 is 16.0 Å². The van der Waals surface area contributed by atoms with Crippen LogP contribution in [0.15, 0.2) is 36.4 Å². The van der Waals surface area contributed by atoms with Crippen molar-refractivity contribution >= 4 is 23.2 Å². The van der Waals surface area contributed by atoms with Crippen molar-refractivity contribution < 1.29 is 23.3 Å². The van der Waals surface area contributed by atoms with Gasteiger partial charge in [0.15, 0.2) is 0 Å². The number of benzene rings is 2. The van der Waals surface area contributed by atoms with E-state index < -0.39 is 22.3 Å². The third-order valence-corrected chi connectivity index (χ3v) is 5.35. The number of halogens is 2. The molecule has 0 atom stereocenters. The number of nitrogens with two attached hydrogens (primary N) is 1. The number of anilines is 1. The second-order valence-corrected chi connectivity index (χ2v) is 7.34. The van der Waals surface area contributed by atoms with Crippen molar-refractivity contribution in [1.29, 1.82) is 0 Å². The largest absolute Gasteiger partial charge is 0.393 e. The van der Waals surface area contributed by atoms with Gasteiger partial charge in [-0.15, -0.1) is 0 Å². The first-order valence-electron chi connectivity index (χ1n) is 9.81. The molecule has 1 fully saturated rings. The fourth-order valence-corrected chi connectivity index (χ4v) is 3.61. The van der Waals surface area contributed by atoms with Crippen molar-refractivity contribution in [2.24, 2.45) is 5.92 Å². The lowest BCUT2D eigenvalue weighted by atomic mass is 9.95. The van der Waals surface area contributed by atoms with Crippen molar-refractivity contribution in [3.05, 3.63) is 69.3 Å². The molecule has 0 aliphatic carbocycles. The third-order valence-electron chi connectivity index (χ3n) is 5.35. The van der Waals surface area contributed by atoms with Crippen molar-refractivity contribution in [3.8, 4) is 0 Å². The van der Waals surface area contributed by atoms with Crippen LogP contribution in [0.4, 0.5) is 20.2 Å². The molecule has 1 saturated heterocycles. The average Bonchev–Trinajstić information content (AvgIpc) is 2.75. The van der Waals surface area contributed by atoms with E-state index in [0.717, 1.165) is 6.07 Å². The molecule has 1 aliphatic rings. The molecule has 0 unspecified atom stereocenters. The molecule has 2 amide bonds. The molecule has 10 heteroatoms. The maximum atomic E-state index is 13.7. The van der Waals surface area contributed by atoms with E-state index in [2.05, 4.69) is 5.32 Å². The number of amides is 2. The summed E-state index contributed by atoms with van der Waals surface area (Å²) in [6.07, 6.45) is 1.14. The number of hydrogen-bond acceptors (Lipinski definition) is 5. The Balaban J connectivity index is 1.54. The van der Waals surface area contributed by atoms with Gasteiger partial charge in [0.25, 0.3) is 11.6 Å². The number of piperidine rings is 1. The number of nitro benzene ring substituents is 1. The van der Waals surface area contributed by atoms with Gasteiger partial charge in [-0.25, -0.2) is 8.78 Å². The number of nitrogen functional groups attached to an aromatic ring is 1. The predicted octanol–water partition coefficient (Wildman–Crippen LogP) is 2.67. The van der Waals surface area contributed by atoms with Gasteiger partial charge in [0.1, 0.15) is 17.3 Å². The molecule has 0 aromatic heterocycles. The quantitative estimate of drug-likeness (QED) is 0.413. The minimum Gasteiger partial charge on any atom is -0.393 e. The number of carbonyl (C=O) groups is 2. The smallest absolute Gasteiger partial charge is 0.295 e. The van der Waals surface area contributed by atoms with Gasteiger partial charge >= 0.3 is 0 Å². The molecule has 1 aliphatic heterocycles. The average molecular weight is 432 g/mol. The van der Waals surface area contributed by atoms with Gasteiger partial charge in [-0.1, -0.05) is 18.2 Å². The zero-order valence-electron chi connectivity index (χ0n) is 16.6. The summed E-state index contributed by atoms with van der Waals surface area (Å²) < 4.78 is 27.4. The minimum atomic E-state index is -0.923. The molecule has 8 nitrogen and oxygen atoms in total. The Bertz CT molecular complexity index is 1010. The van der Waals surface area contributed by atoms with Crippen molar-refractivity contribution in [2.45, 2.75) is 19.3 Å². The molecular weight excluding hydrogens is 410 g/mol. The molecule has 0 radical (unpaired) electrons. The van der Waals surface area contributed by atoms with Crippen LogP contribution in [0.1, 0.15) is 28.8 Å². The molecule has 3 N–H and O–H groups in total. The van der Waals surface area contributed by atoms with E-state index in [1.807, 2.05) is 0 Å². The van der Waals surface area contributed by atoms with Crippen molar-refractivity contribution in [1.82, 2.24) is 10.2 Å². The fraction of sp³-hybridized carbons (Fsp3) is 0.333. The summed E-state index contributed by atoms with van der Waals surface area (Å²) >= 11 is 0. The number of carbonyl (C=O) groups excluding carboxylic acids is 2. The summed E-state index contributed by atoms with van der Waals surface area (Å²) in [7, 11) is 0. The van der Waals surface area contributed by atoms with Crippen LogP contribution in [0.25, 0.3) is 0 Å². The van der Waals surface area contributed by atoms with Gasteiger partial charge in [-0.3, -0.25) is 19.7 Å². The van der Waals surface area contributed by atoms with Crippen LogP contribution < -0.4 is 11.1 Å². The molecule has 31 heavy (non-hydrogen) atoms. The van der Waals surface area contributed by atoms with E-state index in [0.29, 0.717) is 37.4 Å². The molecular formula is C21H22F2N4O4. The fourth-order valence-electron chi connectivity index (χ4n) is 3.61. The lowest BCUT2D eigenvalue weighted by Crippen LogP contribution is -2.43. The second kappa shape index (κ2) is 9.50. The molecule has 1 heterocycles. The standard InChI is InChI=1S/C21H22F2N4O4/c22-15-11-16(19(24)18(12-15)27(30)31)21(29)26-9-6-14(7-10-26)20(28)25-8-5-13-3-1-2-4-17(13)23/h1-4,11-12,14H,5-10,24H2,(H,25,28). The highest BCUT2D eigenvalue weighted by Gasteiger charge is 2.30. The number of nitrogens with one attached hydrogen (secondary N) is 1. The Kier molecular flexibility index (Phi) is 6.78. The Labute approximate surface area is 177 Å². The van der Waals surface area contributed by atoms with Crippen LogP contribution in [0.5, 0.6) is 0 Å². The van der Waals surface area contributed by atoms with Crippen LogP contribution >= 0.6 is 0 Å². The number of rotatable bonds is 6. The highest BCUT2D eigenvalue weighted by Crippen LogP contribution is 2.29. The number of nitrogens with zero attached hydrogens (tertiary/aromatic N) is 2. The zero-order valence-corrected chi connectivity index (χ0v) is 16.6. The monoisotopic (exact) mass is 432 g/mol. The van der Waals surface area contributed by atoms with Crippen LogP contribution in [-0.4, -0.2) is 41.3 Å². The Morgan fingerprint density at radius 3 is 2.52 bits per heavy atom. The molecule has 2 aromatic carbocycles. The summed E-state index contributed by atoms with van der Waals surface area (Å²) in [4.78, 5) is 36.7. The zero-order chi connectivity index (χ0) is 22.5. The van der Waals surface area contributed by atoms with Gasteiger partial charge in [0.05, 0.1) is 16.6 Å². The maximum absolute atomic E-state index is 13.7. The number of hydrogen-bond donors (Lipinski definition) is 2. The van der Waals surface area contributed by atoms with Crippen LogP contribution in [0, 0.1) is 27.7 Å². The number of likely N-dealkylation sites (tertiary alicyclic amines) is 1. The van der Waals surface area contributed by atoms with Crippen LogP contribution in [0.2, 0.25) is 0 Å². The SMILES string of the molecule is Nc1c(C(=O)N2CCC(C(=O)NCCc3ccccc3F)CC2)cc(F)cc1[N+](=O)[O-]. The lowest BCUT2D eigenvalue weighted by Gasteiger charge is -2.31. The van der Waals surface area contributed by atoms with E-state index in [9.17, 15) is 28.5 Å². The van der Waals surface area contributed by atoms with Gasteiger partial charge in [-0.2, -0.15) is 0 Å². The topological polar surface area (TPSA) is 119 Å². The van der Waals surface area contributed by atoms with Crippen LogP contribution in [0.3, 0.4) is 0 Å². The summed E-state index contributed by atoms with van der Waals surface area (Å²) in [6, 6.07) is 7.91. The Morgan fingerprint density at radius 1 is 1.19 bits per heavy atom. The van der Waals surface area contributed by atoms with Crippen molar-refractivity contribution in [2.75, 3.05) is 25.4 Å². The molecule has 0 bridgehead atoms. The van der Waals surface area contributed by atoms with E-state index in [4.69, 9.17) is 5.73 Å². The normalized spacial score (nSPS) is 14.3. The Hall–Kier alpha value is -3.56. The highest BCUT2D eigenvalue weighted by molar-refractivity contribution is 6.01. The lowest BCUT2D eigenvalue weighted by molar-refractivity contribution is -0.384. The van der Waals surface area contributed by atoms with Gasteiger partial charge in [0.2, 0.25) is 5.91 Å². The number of nitro groups is 1. The van der Waals surface area contributed by atoms with E-state index in [-0.39, 0.29) is 42.0 Å².